The minimum atomic E-state index is -0.713. The van der Waals surface area contributed by atoms with Gasteiger partial charge in [-0.15, -0.1) is 0 Å². The lowest BCUT2D eigenvalue weighted by Gasteiger charge is -2.29. The summed E-state index contributed by atoms with van der Waals surface area (Å²) in [5, 5.41) is 9.98. The molecule has 0 unspecified atom stereocenters. The second kappa shape index (κ2) is 6.40. The predicted molar refractivity (Wildman–Crippen MR) is 95.4 cm³/mol. The topological polar surface area (TPSA) is 66.3 Å². The second-order valence-corrected chi connectivity index (χ2v) is 7.08. The third-order valence-electron chi connectivity index (χ3n) is 4.50. The molecular weight excluding hydrogens is 341 g/mol. The molecule has 1 fully saturated rings. The van der Waals surface area contributed by atoms with Crippen molar-refractivity contribution in [2.45, 2.75) is 12.8 Å². The summed E-state index contributed by atoms with van der Waals surface area (Å²) in [5.74, 6) is -1.24. The van der Waals surface area contributed by atoms with E-state index in [1.165, 1.54) is 23.5 Å². The molecule has 1 saturated heterocycles. The monoisotopic (exact) mass is 357 g/mol. The largest absolute Gasteiger partial charge is 0.481 e. The SMILES string of the molecule is O=C(O)C1CCN(c2nc3ccc(-c4ccc(F)cc4)nc3s2)CC1. The van der Waals surface area contributed by atoms with Crippen LogP contribution in [0.3, 0.4) is 0 Å². The van der Waals surface area contributed by atoms with Gasteiger partial charge in [0.1, 0.15) is 16.2 Å². The molecule has 1 aliphatic heterocycles. The smallest absolute Gasteiger partial charge is 0.306 e. The number of rotatable bonds is 3. The van der Waals surface area contributed by atoms with Crippen LogP contribution in [0.2, 0.25) is 0 Å². The van der Waals surface area contributed by atoms with Crippen LogP contribution in [0.5, 0.6) is 0 Å². The second-order valence-electron chi connectivity index (χ2n) is 6.12. The Morgan fingerprint density at radius 2 is 1.84 bits per heavy atom. The number of carboxylic acid groups (broad SMARTS) is 1. The standard InChI is InChI=1S/C18H16FN3O2S/c19-13-3-1-11(2-4-13)14-5-6-15-16(20-14)25-18(21-15)22-9-7-12(8-10-22)17(23)24/h1-6,12H,7-10H2,(H,23,24). The lowest BCUT2D eigenvalue weighted by molar-refractivity contribution is -0.142. The van der Waals surface area contributed by atoms with Crippen LogP contribution in [0.4, 0.5) is 9.52 Å². The van der Waals surface area contributed by atoms with Gasteiger partial charge in [-0.25, -0.2) is 14.4 Å². The molecule has 3 aromatic rings. The molecule has 0 aliphatic carbocycles. The molecule has 0 radical (unpaired) electrons. The highest BCUT2D eigenvalue weighted by molar-refractivity contribution is 7.21. The first kappa shape index (κ1) is 16.0. The molecule has 7 heteroatoms. The Kier molecular flexibility index (Phi) is 4.09. The first-order valence-corrected chi connectivity index (χ1v) is 8.93. The molecule has 1 N–H and O–H groups in total. The average molecular weight is 357 g/mol. The number of halogens is 1. The van der Waals surface area contributed by atoms with Crippen molar-refractivity contribution in [3.63, 3.8) is 0 Å². The van der Waals surface area contributed by atoms with E-state index in [0.717, 1.165) is 26.7 Å². The lowest BCUT2D eigenvalue weighted by Crippen LogP contribution is -2.36. The summed E-state index contributed by atoms with van der Waals surface area (Å²) in [6.45, 7) is 1.39. The van der Waals surface area contributed by atoms with Crippen LogP contribution in [0.15, 0.2) is 36.4 Å². The third-order valence-corrected chi connectivity index (χ3v) is 5.52. The van der Waals surface area contributed by atoms with E-state index in [4.69, 9.17) is 5.11 Å². The summed E-state index contributed by atoms with van der Waals surface area (Å²) in [6, 6.07) is 10.1. The lowest BCUT2D eigenvalue weighted by atomic mass is 9.98. The minimum absolute atomic E-state index is 0.256. The van der Waals surface area contributed by atoms with Crippen molar-refractivity contribution in [2.75, 3.05) is 18.0 Å². The van der Waals surface area contributed by atoms with Gasteiger partial charge in [-0.2, -0.15) is 0 Å². The van der Waals surface area contributed by atoms with Crippen LogP contribution in [0.25, 0.3) is 21.6 Å². The molecular formula is C18H16FN3O2S. The van der Waals surface area contributed by atoms with Gasteiger partial charge in [-0.3, -0.25) is 4.79 Å². The molecule has 0 bridgehead atoms. The van der Waals surface area contributed by atoms with E-state index in [2.05, 4.69) is 14.9 Å². The maximum Gasteiger partial charge on any atom is 0.306 e. The fourth-order valence-electron chi connectivity index (χ4n) is 3.04. The number of hydrogen-bond acceptors (Lipinski definition) is 5. The van der Waals surface area contributed by atoms with Gasteiger partial charge in [-0.05, 0) is 49.2 Å². The van der Waals surface area contributed by atoms with Crippen LogP contribution in [-0.2, 0) is 4.79 Å². The van der Waals surface area contributed by atoms with E-state index in [9.17, 15) is 9.18 Å². The van der Waals surface area contributed by atoms with Gasteiger partial charge in [0.15, 0.2) is 5.13 Å². The Morgan fingerprint density at radius 1 is 1.12 bits per heavy atom. The molecule has 0 spiro atoms. The van der Waals surface area contributed by atoms with E-state index < -0.39 is 5.97 Å². The van der Waals surface area contributed by atoms with Gasteiger partial charge in [-0.1, -0.05) is 11.3 Å². The third kappa shape index (κ3) is 3.19. The highest BCUT2D eigenvalue weighted by Gasteiger charge is 2.26. The zero-order valence-corrected chi connectivity index (χ0v) is 14.2. The number of nitrogens with zero attached hydrogens (tertiary/aromatic N) is 3. The normalized spacial score (nSPS) is 15.6. The van der Waals surface area contributed by atoms with E-state index in [1.54, 1.807) is 12.1 Å². The number of carbonyl (C=O) groups is 1. The quantitative estimate of drug-likeness (QED) is 0.772. The number of thiazole rings is 1. The summed E-state index contributed by atoms with van der Waals surface area (Å²) in [7, 11) is 0. The Labute approximate surface area is 147 Å². The molecule has 4 rings (SSSR count). The number of anilines is 1. The summed E-state index contributed by atoms with van der Waals surface area (Å²) in [6.07, 6.45) is 1.28. The fourth-order valence-corrected chi connectivity index (χ4v) is 4.03. The molecule has 1 aromatic carbocycles. The number of aliphatic carboxylic acids is 1. The average Bonchev–Trinajstić information content (AvgIpc) is 3.05. The first-order chi connectivity index (χ1) is 12.1. The fraction of sp³-hybridized carbons (Fsp3) is 0.278. The highest BCUT2D eigenvalue weighted by atomic mass is 32.1. The molecule has 1 aliphatic rings. The number of pyridine rings is 1. The van der Waals surface area contributed by atoms with Crippen LogP contribution in [0.1, 0.15) is 12.8 Å². The van der Waals surface area contributed by atoms with Crippen LogP contribution in [-0.4, -0.2) is 34.1 Å². The van der Waals surface area contributed by atoms with Gasteiger partial charge in [0.2, 0.25) is 0 Å². The van der Waals surface area contributed by atoms with Crippen molar-refractivity contribution in [1.29, 1.82) is 0 Å². The predicted octanol–water partition coefficient (Wildman–Crippen LogP) is 3.80. The Hall–Kier alpha value is -2.54. The molecule has 0 atom stereocenters. The van der Waals surface area contributed by atoms with Gasteiger partial charge in [0.05, 0.1) is 11.6 Å². The molecule has 5 nitrogen and oxygen atoms in total. The Bertz CT molecular complexity index is 918. The van der Waals surface area contributed by atoms with E-state index in [0.29, 0.717) is 25.9 Å². The Balaban J connectivity index is 1.58. The van der Waals surface area contributed by atoms with Crippen molar-refractivity contribution in [3.05, 3.63) is 42.2 Å². The van der Waals surface area contributed by atoms with Crippen molar-refractivity contribution in [2.24, 2.45) is 5.92 Å². The maximum absolute atomic E-state index is 13.1. The van der Waals surface area contributed by atoms with Gasteiger partial charge >= 0.3 is 5.97 Å². The van der Waals surface area contributed by atoms with E-state index >= 15 is 0 Å². The van der Waals surface area contributed by atoms with Crippen LogP contribution >= 0.6 is 11.3 Å². The first-order valence-electron chi connectivity index (χ1n) is 8.11. The number of benzene rings is 1. The van der Waals surface area contributed by atoms with Crippen molar-refractivity contribution in [3.8, 4) is 11.3 Å². The number of fused-ring (bicyclic) bond motifs is 1. The van der Waals surface area contributed by atoms with Crippen LogP contribution < -0.4 is 4.90 Å². The number of aromatic nitrogens is 2. The minimum Gasteiger partial charge on any atom is -0.481 e. The van der Waals surface area contributed by atoms with Crippen molar-refractivity contribution in [1.82, 2.24) is 9.97 Å². The number of hydrogen-bond donors (Lipinski definition) is 1. The maximum atomic E-state index is 13.1. The van der Waals surface area contributed by atoms with Gasteiger partial charge < -0.3 is 10.0 Å². The summed E-state index contributed by atoms with van der Waals surface area (Å²) >= 11 is 1.51. The van der Waals surface area contributed by atoms with Crippen molar-refractivity contribution >= 4 is 32.8 Å². The molecule has 0 amide bonds. The molecule has 2 aromatic heterocycles. The summed E-state index contributed by atoms with van der Waals surface area (Å²) in [4.78, 5) is 23.3. The number of piperidine rings is 1. The molecule has 3 heterocycles. The summed E-state index contributed by atoms with van der Waals surface area (Å²) < 4.78 is 13.1. The van der Waals surface area contributed by atoms with Gasteiger partial charge in [0.25, 0.3) is 0 Å². The molecule has 128 valence electrons. The summed E-state index contributed by atoms with van der Waals surface area (Å²) in [5.41, 5.74) is 2.47. The zero-order chi connectivity index (χ0) is 17.4. The zero-order valence-electron chi connectivity index (χ0n) is 13.4. The van der Waals surface area contributed by atoms with E-state index in [1.807, 2.05) is 12.1 Å². The van der Waals surface area contributed by atoms with E-state index in [-0.39, 0.29) is 11.7 Å². The van der Waals surface area contributed by atoms with Crippen molar-refractivity contribution < 1.29 is 14.3 Å². The molecule has 25 heavy (non-hydrogen) atoms. The molecule has 0 saturated carbocycles. The Morgan fingerprint density at radius 3 is 2.52 bits per heavy atom. The number of carboxylic acids is 1. The van der Waals surface area contributed by atoms with Crippen LogP contribution in [0, 0.1) is 11.7 Å². The highest BCUT2D eigenvalue weighted by Crippen LogP contribution is 2.32. The van der Waals surface area contributed by atoms with Gasteiger partial charge in [0, 0.05) is 18.7 Å².